The summed E-state index contributed by atoms with van der Waals surface area (Å²) >= 11 is 1.90. The van der Waals surface area contributed by atoms with Gasteiger partial charge in [-0.1, -0.05) is 6.92 Å². The van der Waals surface area contributed by atoms with Crippen molar-refractivity contribution in [3.8, 4) is 0 Å². The van der Waals surface area contributed by atoms with Crippen LogP contribution < -0.4 is 10.2 Å². The van der Waals surface area contributed by atoms with Gasteiger partial charge in [-0.25, -0.2) is 0 Å². The molecule has 1 N–H and O–H groups in total. The summed E-state index contributed by atoms with van der Waals surface area (Å²) in [5.41, 5.74) is 1.33. The first-order chi connectivity index (χ1) is 8.29. The van der Waals surface area contributed by atoms with Crippen molar-refractivity contribution in [2.45, 2.75) is 18.2 Å². The summed E-state index contributed by atoms with van der Waals surface area (Å²) < 4.78 is 0. The zero-order valence-corrected chi connectivity index (χ0v) is 11.6. The third-order valence-corrected chi connectivity index (χ3v) is 4.18. The van der Waals surface area contributed by atoms with Gasteiger partial charge in [-0.05, 0) is 55.4 Å². The van der Waals surface area contributed by atoms with E-state index in [1.54, 1.807) is 0 Å². The van der Waals surface area contributed by atoms with Crippen LogP contribution in [0.4, 0.5) is 5.69 Å². The third kappa shape index (κ3) is 3.65. The van der Waals surface area contributed by atoms with Crippen LogP contribution in [0.1, 0.15) is 13.3 Å². The Hall–Kier alpha value is -0.670. The Kier molecular flexibility index (Phi) is 4.75. The highest BCUT2D eigenvalue weighted by atomic mass is 32.2. The van der Waals surface area contributed by atoms with Gasteiger partial charge >= 0.3 is 0 Å². The molecule has 94 valence electrons. The average Bonchev–Trinajstić information content (AvgIpc) is 2.83. The lowest BCUT2D eigenvalue weighted by molar-refractivity contribution is 0.578. The Morgan fingerprint density at radius 2 is 2.12 bits per heavy atom. The molecule has 1 heterocycles. The summed E-state index contributed by atoms with van der Waals surface area (Å²) in [6, 6.07) is 8.93. The van der Waals surface area contributed by atoms with Crippen molar-refractivity contribution < 1.29 is 0 Å². The van der Waals surface area contributed by atoms with Crippen LogP contribution >= 0.6 is 11.8 Å². The molecule has 1 aliphatic rings. The minimum atomic E-state index is 0.810. The maximum atomic E-state index is 3.43. The zero-order chi connectivity index (χ0) is 12.1. The molecule has 1 aromatic carbocycles. The van der Waals surface area contributed by atoms with Gasteiger partial charge in [0.25, 0.3) is 0 Å². The Bertz CT molecular complexity index is 331. The number of nitrogens with one attached hydrogen (secondary N) is 1. The lowest BCUT2D eigenvalue weighted by atomic mass is 10.1. The number of hydrogen-bond acceptors (Lipinski definition) is 3. The van der Waals surface area contributed by atoms with Gasteiger partial charge in [-0.3, -0.25) is 0 Å². The van der Waals surface area contributed by atoms with E-state index in [0.29, 0.717) is 0 Å². The van der Waals surface area contributed by atoms with Crippen LogP contribution in [0.2, 0.25) is 0 Å². The molecule has 0 aromatic heterocycles. The molecule has 1 atom stereocenters. The largest absolute Gasteiger partial charge is 0.374 e. The second-order valence-electron chi connectivity index (χ2n) is 4.67. The van der Waals surface area contributed by atoms with Crippen LogP contribution in [-0.2, 0) is 0 Å². The SMILES string of the molecule is CCSc1ccc(N(C)CC2CCNC2)cc1. The molecule has 3 heteroatoms. The highest BCUT2D eigenvalue weighted by molar-refractivity contribution is 7.99. The molecular formula is C14H22N2S. The molecule has 0 aliphatic carbocycles. The van der Waals surface area contributed by atoms with Gasteiger partial charge in [-0.2, -0.15) is 0 Å². The molecule has 1 fully saturated rings. The number of thioether (sulfide) groups is 1. The van der Waals surface area contributed by atoms with E-state index in [1.165, 1.54) is 30.1 Å². The van der Waals surface area contributed by atoms with Crippen molar-refractivity contribution in [1.82, 2.24) is 5.32 Å². The summed E-state index contributed by atoms with van der Waals surface area (Å²) in [6.45, 7) is 5.71. The van der Waals surface area contributed by atoms with Crippen LogP contribution in [0.5, 0.6) is 0 Å². The number of hydrogen-bond donors (Lipinski definition) is 1. The van der Waals surface area contributed by atoms with E-state index in [2.05, 4.69) is 48.5 Å². The van der Waals surface area contributed by atoms with Gasteiger partial charge in [0.05, 0.1) is 0 Å². The Morgan fingerprint density at radius 3 is 2.71 bits per heavy atom. The van der Waals surface area contributed by atoms with E-state index in [1.807, 2.05) is 11.8 Å². The minimum Gasteiger partial charge on any atom is -0.374 e. The van der Waals surface area contributed by atoms with Gasteiger partial charge in [-0.15, -0.1) is 11.8 Å². The maximum absolute atomic E-state index is 3.43. The fourth-order valence-corrected chi connectivity index (χ4v) is 2.99. The van der Waals surface area contributed by atoms with Crippen LogP contribution in [0.3, 0.4) is 0 Å². The Morgan fingerprint density at radius 1 is 1.35 bits per heavy atom. The highest BCUT2D eigenvalue weighted by Gasteiger charge is 2.16. The predicted molar refractivity (Wildman–Crippen MR) is 77.1 cm³/mol. The van der Waals surface area contributed by atoms with E-state index in [0.717, 1.165) is 18.2 Å². The molecule has 0 bridgehead atoms. The lowest BCUT2D eigenvalue weighted by Gasteiger charge is -2.22. The molecule has 0 spiro atoms. The number of rotatable bonds is 5. The smallest absolute Gasteiger partial charge is 0.0364 e. The summed E-state index contributed by atoms with van der Waals surface area (Å²) in [5, 5.41) is 3.43. The molecule has 1 unspecified atom stereocenters. The molecule has 0 saturated carbocycles. The molecule has 0 amide bonds. The van der Waals surface area contributed by atoms with Crippen molar-refractivity contribution in [3.63, 3.8) is 0 Å². The average molecular weight is 250 g/mol. The van der Waals surface area contributed by atoms with E-state index >= 15 is 0 Å². The van der Waals surface area contributed by atoms with Crippen molar-refractivity contribution in [3.05, 3.63) is 24.3 Å². The van der Waals surface area contributed by atoms with Gasteiger partial charge in [0.15, 0.2) is 0 Å². The van der Waals surface area contributed by atoms with Crippen LogP contribution in [0.25, 0.3) is 0 Å². The van der Waals surface area contributed by atoms with Crippen molar-refractivity contribution in [1.29, 1.82) is 0 Å². The fourth-order valence-electron chi connectivity index (χ4n) is 2.33. The number of nitrogens with zero attached hydrogens (tertiary/aromatic N) is 1. The van der Waals surface area contributed by atoms with Crippen LogP contribution in [0, 0.1) is 5.92 Å². The summed E-state index contributed by atoms with van der Waals surface area (Å²) in [7, 11) is 2.19. The van der Waals surface area contributed by atoms with Crippen molar-refractivity contribution in [2.75, 3.05) is 37.3 Å². The monoisotopic (exact) mass is 250 g/mol. The summed E-state index contributed by atoms with van der Waals surface area (Å²) in [4.78, 5) is 3.74. The minimum absolute atomic E-state index is 0.810. The standard InChI is InChI=1S/C14H22N2S/c1-3-17-14-6-4-13(5-7-14)16(2)11-12-8-9-15-10-12/h4-7,12,15H,3,8-11H2,1-2H3. The van der Waals surface area contributed by atoms with Gasteiger partial charge < -0.3 is 10.2 Å². The van der Waals surface area contributed by atoms with Crippen LogP contribution in [0.15, 0.2) is 29.2 Å². The first kappa shape index (κ1) is 12.8. The molecule has 2 nitrogen and oxygen atoms in total. The van der Waals surface area contributed by atoms with Gasteiger partial charge in [0, 0.05) is 24.2 Å². The van der Waals surface area contributed by atoms with E-state index in [9.17, 15) is 0 Å². The fraction of sp³-hybridized carbons (Fsp3) is 0.571. The van der Waals surface area contributed by atoms with E-state index in [-0.39, 0.29) is 0 Å². The first-order valence-corrected chi connectivity index (χ1v) is 7.43. The normalized spacial score (nSPS) is 19.5. The molecule has 1 saturated heterocycles. The first-order valence-electron chi connectivity index (χ1n) is 6.44. The second kappa shape index (κ2) is 6.31. The van der Waals surface area contributed by atoms with Crippen molar-refractivity contribution in [2.24, 2.45) is 5.92 Å². The quantitative estimate of drug-likeness (QED) is 0.809. The molecule has 2 rings (SSSR count). The zero-order valence-electron chi connectivity index (χ0n) is 10.8. The molecule has 0 radical (unpaired) electrons. The number of benzene rings is 1. The third-order valence-electron chi connectivity index (χ3n) is 3.28. The maximum Gasteiger partial charge on any atom is 0.0364 e. The van der Waals surface area contributed by atoms with Gasteiger partial charge in [0.1, 0.15) is 0 Å². The summed E-state index contributed by atoms with van der Waals surface area (Å²) in [6.07, 6.45) is 1.31. The highest BCUT2D eigenvalue weighted by Crippen LogP contribution is 2.22. The topological polar surface area (TPSA) is 15.3 Å². The summed E-state index contributed by atoms with van der Waals surface area (Å²) in [5.74, 6) is 1.95. The number of anilines is 1. The molecule has 17 heavy (non-hydrogen) atoms. The molecule has 1 aliphatic heterocycles. The van der Waals surface area contributed by atoms with Crippen LogP contribution in [-0.4, -0.2) is 32.4 Å². The Labute approximate surface area is 109 Å². The van der Waals surface area contributed by atoms with E-state index in [4.69, 9.17) is 0 Å². The van der Waals surface area contributed by atoms with Crippen molar-refractivity contribution >= 4 is 17.4 Å². The molecule has 1 aromatic rings. The lowest BCUT2D eigenvalue weighted by Crippen LogP contribution is -2.26. The predicted octanol–water partition coefficient (Wildman–Crippen LogP) is 2.84. The Balaban J connectivity index is 1.91. The van der Waals surface area contributed by atoms with Gasteiger partial charge in [0.2, 0.25) is 0 Å². The second-order valence-corrected chi connectivity index (χ2v) is 6.00. The molecular weight excluding hydrogens is 228 g/mol. The van der Waals surface area contributed by atoms with E-state index < -0.39 is 0 Å².